The quantitative estimate of drug-likeness (QED) is 0.867. The van der Waals surface area contributed by atoms with Gasteiger partial charge in [0.15, 0.2) is 0 Å². The Morgan fingerprint density at radius 1 is 1.11 bits per heavy atom. The van der Waals surface area contributed by atoms with Crippen molar-refractivity contribution >= 4 is 28.7 Å². The standard InChI is InChI=1S/C15H13NO2S/c17-14(13-2-1-9-19-13)10-5-7-12(8-6-10)16-15(18)11-3-4-11/h1-2,5-9,11H,3-4H2,(H,16,18). The van der Waals surface area contributed by atoms with E-state index in [1.807, 2.05) is 17.5 Å². The third kappa shape index (κ3) is 2.74. The van der Waals surface area contributed by atoms with Gasteiger partial charge in [-0.2, -0.15) is 0 Å². The third-order valence-corrected chi connectivity index (χ3v) is 3.98. The molecule has 0 aliphatic heterocycles. The Morgan fingerprint density at radius 3 is 2.42 bits per heavy atom. The van der Waals surface area contributed by atoms with E-state index in [0.717, 1.165) is 23.4 Å². The van der Waals surface area contributed by atoms with Crippen LogP contribution in [-0.4, -0.2) is 11.7 Å². The molecule has 1 aliphatic carbocycles. The van der Waals surface area contributed by atoms with Gasteiger partial charge in [-0.05, 0) is 48.6 Å². The molecular formula is C15H13NO2S. The monoisotopic (exact) mass is 271 g/mol. The summed E-state index contributed by atoms with van der Waals surface area (Å²) in [6.07, 6.45) is 1.97. The van der Waals surface area contributed by atoms with Crippen LogP contribution in [0.1, 0.15) is 28.1 Å². The molecule has 1 aliphatic rings. The van der Waals surface area contributed by atoms with Crippen LogP contribution in [0.2, 0.25) is 0 Å². The van der Waals surface area contributed by atoms with Crippen molar-refractivity contribution in [1.29, 1.82) is 0 Å². The second kappa shape index (κ2) is 4.97. The average molecular weight is 271 g/mol. The van der Waals surface area contributed by atoms with Crippen molar-refractivity contribution in [2.75, 3.05) is 5.32 Å². The summed E-state index contributed by atoms with van der Waals surface area (Å²) in [5, 5.41) is 4.74. The lowest BCUT2D eigenvalue weighted by Gasteiger charge is -2.05. The first kappa shape index (κ1) is 12.1. The van der Waals surface area contributed by atoms with E-state index in [-0.39, 0.29) is 17.6 Å². The number of nitrogens with one attached hydrogen (secondary N) is 1. The molecule has 0 spiro atoms. The molecule has 19 heavy (non-hydrogen) atoms. The van der Waals surface area contributed by atoms with E-state index in [1.165, 1.54) is 11.3 Å². The number of hydrogen-bond donors (Lipinski definition) is 1. The van der Waals surface area contributed by atoms with Crippen molar-refractivity contribution in [2.24, 2.45) is 5.92 Å². The highest BCUT2D eigenvalue weighted by molar-refractivity contribution is 7.12. The van der Waals surface area contributed by atoms with Crippen molar-refractivity contribution < 1.29 is 9.59 Å². The largest absolute Gasteiger partial charge is 0.326 e. The second-order valence-electron chi connectivity index (χ2n) is 4.65. The zero-order valence-electron chi connectivity index (χ0n) is 10.3. The van der Waals surface area contributed by atoms with Gasteiger partial charge >= 0.3 is 0 Å². The Hall–Kier alpha value is -1.94. The van der Waals surface area contributed by atoms with Crippen molar-refractivity contribution in [1.82, 2.24) is 0 Å². The molecular weight excluding hydrogens is 258 g/mol. The average Bonchev–Trinajstić information content (AvgIpc) is 3.14. The zero-order valence-corrected chi connectivity index (χ0v) is 11.1. The molecule has 1 saturated carbocycles. The van der Waals surface area contributed by atoms with E-state index in [4.69, 9.17) is 0 Å². The molecule has 0 radical (unpaired) electrons. The molecule has 1 heterocycles. The molecule has 3 nitrogen and oxygen atoms in total. The Labute approximate surface area is 115 Å². The molecule has 1 aromatic carbocycles. The molecule has 0 atom stereocenters. The van der Waals surface area contributed by atoms with Crippen molar-refractivity contribution in [2.45, 2.75) is 12.8 Å². The minimum atomic E-state index is 0.0232. The lowest BCUT2D eigenvalue weighted by molar-refractivity contribution is -0.117. The fourth-order valence-electron chi connectivity index (χ4n) is 1.84. The first-order valence-corrected chi connectivity index (χ1v) is 7.11. The SMILES string of the molecule is O=C(c1ccc(NC(=O)C2CC2)cc1)c1cccs1. The summed E-state index contributed by atoms with van der Waals surface area (Å²) in [7, 11) is 0. The number of carbonyl (C=O) groups is 2. The van der Waals surface area contributed by atoms with Gasteiger partial charge in [0.2, 0.25) is 11.7 Å². The molecule has 1 fully saturated rings. The lowest BCUT2D eigenvalue weighted by atomic mass is 10.1. The van der Waals surface area contributed by atoms with Crippen LogP contribution in [0.25, 0.3) is 0 Å². The Kier molecular flexibility index (Phi) is 3.17. The molecule has 0 unspecified atom stereocenters. The smallest absolute Gasteiger partial charge is 0.227 e. The number of benzene rings is 1. The Balaban J connectivity index is 1.71. The van der Waals surface area contributed by atoms with Gasteiger partial charge in [0.05, 0.1) is 4.88 Å². The zero-order chi connectivity index (χ0) is 13.2. The predicted molar refractivity (Wildman–Crippen MR) is 75.5 cm³/mol. The van der Waals surface area contributed by atoms with Crippen LogP contribution < -0.4 is 5.32 Å². The van der Waals surface area contributed by atoms with Gasteiger partial charge < -0.3 is 5.32 Å². The van der Waals surface area contributed by atoms with Crippen molar-refractivity contribution in [3.8, 4) is 0 Å². The van der Waals surface area contributed by atoms with Crippen molar-refractivity contribution in [3.05, 3.63) is 52.2 Å². The van der Waals surface area contributed by atoms with Crippen molar-refractivity contribution in [3.63, 3.8) is 0 Å². The van der Waals surface area contributed by atoms with Crippen LogP contribution in [0.4, 0.5) is 5.69 Å². The third-order valence-electron chi connectivity index (χ3n) is 3.11. The number of hydrogen-bond acceptors (Lipinski definition) is 3. The van der Waals surface area contributed by atoms with E-state index in [2.05, 4.69) is 5.32 Å². The fourth-order valence-corrected chi connectivity index (χ4v) is 2.53. The highest BCUT2D eigenvalue weighted by Crippen LogP contribution is 2.30. The molecule has 96 valence electrons. The van der Waals surface area contributed by atoms with Crippen LogP contribution in [0, 0.1) is 5.92 Å². The summed E-state index contributed by atoms with van der Waals surface area (Å²) in [5.74, 6) is 0.292. The molecule has 1 amide bonds. The topological polar surface area (TPSA) is 46.2 Å². The number of rotatable bonds is 4. The molecule has 4 heteroatoms. The molecule has 3 rings (SSSR count). The minimum Gasteiger partial charge on any atom is -0.326 e. The van der Waals surface area contributed by atoms with Gasteiger partial charge in [0, 0.05) is 17.2 Å². The molecule has 0 saturated heterocycles. The first-order chi connectivity index (χ1) is 9.24. The maximum Gasteiger partial charge on any atom is 0.227 e. The predicted octanol–water partition coefficient (Wildman–Crippen LogP) is 3.33. The highest BCUT2D eigenvalue weighted by Gasteiger charge is 2.29. The minimum absolute atomic E-state index is 0.0232. The maximum absolute atomic E-state index is 12.1. The number of anilines is 1. The summed E-state index contributed by atoms with van der Waals surface area (Å²) in [5.41, 5.74) is 1.39. The fraction of sp³-hybridized carbons (Fsp3) is 0.200. The molecule has 1 N–H and O–H groups in total. The molecule has 0 bridgehead atoms. The van der Waals surface area contributed by atoms with Gasteiger partial charge in [-0.25, -0.2) is 0 Å². The van der Waals surface area contributed by atoms with Gasteiger partial charge in [0.25, 0.3) is 0 Å². The van der Waals surface area contributed by atoms with Crippen LogP contribution in [0.5, 0.6) is 0 Å². The van der Waals surface area contributed by atoms with Crippen LogP contribution in [0.15, 0.2) is 41.8 Å². The van der Waals surface area contributed by atoms with Crippen LogP contribution in [0.3, 0.4) is 0 Å². The van der Waals surface area contributed by atoms with E-state index < -0.39 is 0 Å². The van der Waals surface area contributed by atoms with Gasteiger partial charge in [-0.15, -0.1) is 11.3 Å². The second-order valence-corrected chi connectivity index (χ2v) is 5.59. The summed E-state index contributed by atoms with van der Waals surface area (Å²) >= 11 is 1.43. The van der Waals surface area contributed by atoms with Crippen LogP contribution >= 0.6 is 11.3 Å². The van der Waals surface area contributed by atoms with E-state index in [0.29, 0.717) is 5.56 Å². The van der Waals surface area contributed by atoms with Crippen LogP contribution in [-0.2, 0) is 4.79 Å². The summed E-state index contributed by atoms with van der Waals surface area (Å²) < 4.78 is 0. The number of thiophene rings is 1. The summed E-state index contributed by atoms with van der Waals surface area (Å²) in [6, 6.07) is 10.7. The van der Waals surface area contributed by atoms with Gasteiger partial charge in [-0.3, -0.25) is 9.59 Å². The van der Waals surface area contributed by atoms with E-state index in [9.17, 15) is 9.59 Å². The Morgan fingerprint density at radius 2 is 1.84 bits per heavy atom. The maximum atomic E-state index is 12.1. The number of ketones is 1. The van der Waals surface area contributed by atoms with E-state index in [1.54, 1.807) is 24.3 Å². The number of amides is 1. The number of carbonyl (C=O) groups excluding carboxylic acids is 2. The Bertz CT molecular complexity index is 598. The molecule has 1 aromatic heterocycles. The molecule has 2 aromatic rings. The van der Waals surface area contributed by atoms with Gasteiger partial charge in [-0.1, -0.05) is 6.07 Å². The first-order valence-electron chi connectivity index (χ1n) is 6.23. The van der Waals surface area contributed by atoms with Gasteiger partial charge in [0.1, 0.15) is 0 Å². The normalized spacial score (nSPS) is 14.1. The lowest BCUT2D eigenvalue weighted by Crippen LogP contribution is -2.13. The van der Waals surface area contributed by atoms with E-state index >= 15 is 0 Å². The highest BCUT2D eigenvalue weighted by atomic mass is 32.1. The summed E-state index contributed by atoms with van der Waals surface area (Å²) in [4.78, 5) is 24.4. The summed E-state index contributed by atoms with van der Waals surface area (Å²) in [6.45, 7) is 0.